The lowest BCUT2D eigenvalue weighted by Gasteiger charge is -2.39. The number of likely N-dealkylation sites (N-methyl/N-ethyl adjacent to an activating group) is 1. The number of thiazole rings is 1. The van der Waals surface area contributed by atoms with Crippen molar-refractivity contribution < 1.29 is 9.53 Å². The Kier molecular flexibility index (Phi) is 4.35. The van der Waals surface area contributed by atoms with Gasteiger partial charge in [-0.05, 0) is 24.0 Å². The van der Waals surface area contributed by atoms with Crippen LogP contribution in [0.3, 0.4) is 0 Å². The molecule has 1 amide bonds. The number of rotatable bonds is 3. The molecule has 0 saturated carbocycles. The van der Waals surface area contributed by atoms with Gasteiger partial charge in [0.05, 0.1) is 12.1 Å². The number of nitrogens with zero attached hydrogens (tertiary/aromatic N) is 3. The van der Waals surface area contributed by atoms with Gasteiger partial charge in [0, 0.05) is 38.8 Å². The zero-order chi connectivity index (χ0) is 17.4. The number of benzene rings is 1. The van der Waals surface area contributed by atoms with Crippen LogP contribution in [-0.2, 0) is 21.7 Å². The third-order valence-corrected chi connectivity index (χ3v) is 6.01. The molecular weight excluding hydrogens is 334 g/mol. The Morgan fingerprint density at radius 1 is 1.36 bits per heavy atom. The minimum Gasteiger partial charge on any atom is -0.352 e. The first kappa shape index (κ1) is 16.7. The predicted molar refractivity (Wildman–Crippen MR) is 97.3 cm³/mol. The fraction of sp³-hybridized carbons (Fsp3) is 0.474. The third-order valence-electron chi connectivity index (χ3n) is 5.25. The van der Waals surface area contributed by atoms with Crippen LogP contribution in [0.4, 0.5) is 0 Å². The molecule has 1 unspecified atom stereocenters. The molecule has 1 atom stereocenters. The summed E-state index contributed by atoms with van der Waals surface area (Å²) in [4.78, 5) is 21.0. The van der Waals surface area contributed by atoms with Crippen LogP contribution in [0, 0.1) is 0 Å². The fourth-order valence-electron chi connectivity index (χ4n) is 3.89. The zero-order valence-corrected chi connectivity index (χ0v) is 15.5. The van der Waals surface area contributed by atoms with Crippen LogP contribution in [0.2, 0.25) is 0 Å². The average molecular weight is 357 g/mol. The maximum absolute atomic E-state index is 12.6. The summed E-state index contributed by atoms with van der Waals surface area (Å²) in [6.45, 7) is 2.81. The summed E-state index contributed by atoms with van der Waals surface area (Å²) in [6, 6.07) is 8.22. The second-order valence-electron chi connectivity index (χ2n) is 7.01. The maximum atomic E-state index is 12.6. The number of hydrogen-bond acceptors (Lipinski definition) is 5. The van der Waals surface area contributed by atoms with E-state index in [1.54, 1.807) is 30.3 Å². The number of ether oxygens (including phenoxy) is 1. The fourth-order valence-corrected chi connectivity index (χ4v) is 4.55. The molecule has 2 aliphatic heterocycles. The van der Waals surface area contributed by atoms with Crippen LogP contribution >= 0.6 is 11.3 Å². The number of carbonyl (C=O) groups is 1. The highest BCUT2D eigenvalue weighted by Crippen LogP contribution is 2.49. The van der Waals surface area contributed by atoms with Crippen LogP contribution in [-0.4, -0.2) is 47.9 Å². The maximum Gasteiger partial charge on any atom is 0.255 e. The van der Waals surface area contributed by atoms with E-state index < -0.39 is 6.10 Å². The first-order chi connectivity index (χ1) is 12.1. The van der Waals surface area contributed by atoms with Crippen molar-refractivity contribution in [3.63, 3.8) is 0 Å². The van der Waals surface area contributed by atoms with Crippen LogP contribution in [0.25, 0.3) is 0 Å². The van der Waals surface area contributed by atoms with Crippen molar-refractivity contribution in [1.82, 2.24) is 14.8 Å². The molecule has 2 aromatic rings. The van der Waals surface area contributed by atoms with Gasteiger partial charge in [-0.25, -0.2) is 4.98 Å². The monoisotopic (exact) mass is 357 g/mol. The summed E-state index contributed by atoms with van der Waals surface area (Å²) in [5, 5.41) is 3.18. The van der Waals surface area contributed by atoms with E-state index in [1.807, 2.05) is 23.7 Å². The van der Waals surface area contributed by atoms with Gasteiger partial charge < -0.3 is 9.64 Å². The van der Waals surface area contributed by atoms with Crippen molar-refractivity contribution in [2.24, 2.45) is 0 Å². The molecule has 0 radical (unpaired) electrons. The molecule has 0 N–H and O–H groups in total. The second-order valence-corrected chi connectivity index (χ2v) is 7.99. The number of piperidine rings is 1. The number of fused-ring (bicyclic) bond motifs is 2. The summed E-state index contributed by atoms with van der Waals surface area (Å²) < 4.78 is 6.44. The van der Waals surface area contributed by atoms with E-state index in [2.05, 4.69) is 22.0 Å². The van der Waals surface area contributed by atoms with Crippen molar-refractivity contribution in [2.45, 2.75) is 31.1 Å². The van der Waals surface area contributed by atoms with Gasteiger partial charge in [-0.1, -0.05) is 24.3 Å². The molecule has 4 rings (SSSR count). The van der Waals surface area contributed by atoms with Crippen LogP contribution in [0.15, 0.2) is 35.8 Å². The predicted octanol–water partition coefficient (Wildman–Crippen LogP) is 2.79. The highest BCUT2D eigenvalue weighted by atomic mass is 32.1. The lowest BCUT2D eigenvalue weighted by atomic mass is 9.83. The Morgan fingerprint density at radius 3 is 2.80 bits per heavy atom. The SMILES string of the molecule is CN(C)C(=O)C1OC2(CCN(Cc3nccs3)CC2)c2ccccc21. The van der Waals surface area contributed by atoms with Crippen LogP contribution < -0.4 is 0 Å². The lowest BCUT2D eigenvalue weighted by Crippen LogP contribution is -2.42. The summed E-state index contributed by atoms with van der Waals surface area (Å²) in [6.07, 6.45) is 3.20. The van der Waals surface area contributed by atoms with Crippen molar-refractivity contribution in [3.8, 4) is 0 Å². The minimum atomic E-state index is -0.475. The van der Waals surface area contributed by atoms with Gasteiger partial charge in [0.2, 0.25) is 0 Å². The lowest BCUT2D eigenvalue weighted by molar-refractivity contribution is -0.158. The Labute approximate surface area is 152 Å². The van der Waals surface area contributed by atoms with Gasteiger partial charge in [0.1, 0.15) is 5.01 Å². The Bertz CT molecular complexity index is 752. The van der Waals surface area contributed by atoms with E-state index in [9.17, 15) is 4.79 Å². The topological polar surface area (TPSA) is 45.7 Å². The summed E-state index contributed by atoms with van der Waals surface area (Å²) in [7, 11) is 3.58. The van der Waals surface area contributed by atoms with E-state index in [0.29, 0.717) is 0 Å². The highest BCUT2D eigenvalue weighted by Gasteiger charge is 2.48. The molecule has 3 heterocycles. The van der Waals surface area contributed by atoms with Crippen molar-refractivity contribution in [1.29, 1.82) is 0 Å². The number of aromatic nitrogens is 1. The summed E-state index contributed by atoms with van der Waals surface area (Å²) >= 11 is 1.70. The first-order valence-electron chi connectivity index (χ1n) is 8.68. The van der Waals surface area contributed by atoms with Gasteiger partial charge in [-0.2, -0.15) is 0 Å². The molecule has 1 spiro atoms. The molecule has 1 aromatic carbocycles. The Morgan fingerprint density at radius 2 is 2.12 bits per heavy atom. The number of amides is 1. The molecule has 1 aromatic heterocycles. The minimum absolute atomic E-state index is 0.0227. The quantitative estimate of drug-likeness (QED) is 0.847. The molecular formula is C19H23N3O2S. The second kappa shape index (κ2) is 6.52. The molecule has 0 aliphatic carbocycles. The Balaban J connectivity index is 1.54. The zero-order valence-electron chi connectivity index (χ0n) is 14.6. The molecule has 0 bridgehead atoms. The molecule has 2 aliphatic rings. The number of carbonyl (C=O) groups excluding carboxylic acids is 1. The van der Waals surface area contributed by atoms with Crippen molar-refractivity contribution in [3.05, 3.63) is 52.0 Å². The smallest absolute Gasteiger partial charge is 0.255 e. The van der Waals surface area contributed by atoms with Gasteiger partial charge in [-0.3, -0.25) is 9.69 Å². The summed E-state index contributed by atoms with van der Waals surface area (Å²) in [5.41, 5.74) is 1.91. The van der Waals surface area contributed by atoms with Crippen LogP contribution in [0.1, 0.15) is 35.1 Å². The molecule has 1 saturated heterocycles. The van der Waals surface area contributed by atoms with Gasteiger partial charge in [0.25, 0.3) is 5.91 Å². The van der Waals surface area contributed by atoms with E-state index in [4.69, 9.17) is 4.74 Å². The third kappa shape index (κ3) is 2.99. The molecule has 5 nitrogen and oxygen atoms in total. The Hall–Kier alpha value is -1.76. The molecule has 6 heteroatoms. The standard InChI is InChI=1S/C19H23N3O2S/c1-21(2)18(23)17-14-5-3-4-6-15(14)19(24-17)7-10-22(11-8-19)13-16-20-9-12-25-16/h3-6,9,12,17H,7-8,10-11,13H2,1-2H3. The van der Waals surface area contributed by atoms with Gasteiger partial charge in [-0.15, -0.1) is 11.3 Å². The van der Waals surface area contributed by atoms with Crippen molar-refractivity contribution >= 4 is 17.2 Å². The number of likely N-dealkylation sites (tertiary alicyclic amines) is 1. The van der Waals surface area contributed by atoms with E-state index in [1.165, 1.54) is 5.56 Å². The van der Waals surface area contributed by atoms with Gasteiger partial charge >= 0.3 is 0 Å². The number of hydrogen-bond donors (Lipinski definition) is 0. The molecule has 1 fully saturated rings. The molecule has 25 heavy (non-hydrogen) atoms. The first-order valence-corrected chi connectivity index (χ1v) is 9.56. The van der Waals surface area contributed by atoms with Crippen LogP contribution in [0.5, 0.6) is 0 Å². The summed E-state index contributed by atoms with van der Waals surface area (Å²) in [5.74, 6) is 0.0227. The molecule has 132 valence electrons. The largest absolute Gasteiger partial charge is 0.352 e. The average Bonchev–Trinajstić information content (AvgIpc) is 3.24. The van der Waals surface area contributed by atoms with Gasteiger partial charge in [0.15, 0.2) is 6.10 Å². The highest BCUT2D eigenvalue weighted by molar-refractivity contribution is 7.09. The van der Waals surface area contributed by atoms with E-state index >= 15 is 0 Å². The van der Waals surface area contributed by atoms with Crippen molar-refractivity contribution in [2.75, 3.05) is 27.2 Å². The van der Waals surface area contributed by atoms with E-state index in [0.717, 1.165) is 43.0 Å². The normalized spacial score (nSPS) is 22.1. The van der Waals surface area contributed by atoms with E-state index in [-0.39, 0.29) is 11.5 Å².